The molecule has 0 atom stereocenters. The lowest BCUT2D eigenvalue weighted by atomic mass is 10.1. The minimum absolute atomic E-state index is 0.0227. The molecule has 0 unspecified atom stereocenters. The molecule has 0 aliphatic carbocycles. The Morgan fingerprint density at radius 1 is 1.26 bits per heavy atom. The fourth-order valence-electron chi connectivity index (χ4n) is 2.47. The average Bonchev–Trinajstić information content (AvgIpc) is 3.04. The molecule has 27 heavy (non-hydrogen) atoms. The van der Waals surface area contributed by atoms with Crippen LogP contribution in [-0.2, 0) is 18.9 Å². The molecule has 4 nitrogen and oxygen atoms in total. The van der Waals surface area contributed by atoms with Crippen molar-refractivity contribution in [1.82, 2.24) is 14.8 Å². The Kier molecular flexibility index (Phi) is 6.53. The van der Waals surface area contributed by atoms with Crippen molar-refractivity contribution in [2.24, 2.45) is 0 Å². The third-order valence-electron chi connectivity index (χ3n) is 3.98. The molecule has 0 aliphatic heterocycles. The van der Waals surface area contributed by atoms with Crippen molar-refractivity contribution in [2.75, 3.05) is 0 Å². The number of rotatable bonds is 8. The third-order valence-corrected chi connectivity index (χ3v) is 5.29. The molecule has 0 radical (unpaired) electrons. The van der Waals surface area contributed by atoms with Gasteiger partial charge in [-0.25, -0.2) is 4.39 Å². The van der Waals surface area contributed by atoms with Crippen LogP contribution >= 0.6 is 23.4 Å². The second kappa shape index (κ2) is 9.06. The van der Waals surface area contributed by atoms with E-state index in [0.29, 0.717) is 18.1 Å². The van der Waals surface area contributed by atoms with E-state index in [0.717, 1.165) is 10.9 Å². The Balaban J connectivity index is 1.71. The Hall–Kier alpha value is -2.31. The van der Waals surface area contributed by atoms with Crippen LogP contribution in [-0.4, -0.2) is 14.8 Å². The van der Waals surface area contributed by atoms with Crippen molar-refractivity contribution in [1.29, 1.82) is 0 Å². The number of nitrogens with zero attached hydrogens (tertiary/aromatic N) is 3. The highest BCUT2D eigenvalue weighted by atomic mass is 35.5. The van der Waals surface area contributed by atoms with Gasteiger partial charge >= 0.3 is 0 Å². The molecule has 1 aromatic heterocycles. The van der Waals surface area contributed by atoms with Crippen LogP contribution < -0.4 is 4.74 Å². The van der Waals surface area contributed by atoms with E-state index in [9.17, 15) is 4.39 Å². The summed E-state index contributed by atoms with van der Waals surface area (Å²) in [6, 6.07) is 12.5. The predicted octanol–water partition coefficient (Wildman–Crippen LogP) is 5.44. The monoisotopic (exact) mass is 403 g/mol. The van der Waals surface area contributed by atoms with E-state index < -0.39 is 5.82 Å². The van der Waals surface area contributed by atoms with Gasteiger partial charge in [-0.1, -0.05) is 53.7 Å². The second-order valence-corrected chi connectivity index (χ2v) is 7.23. The van der Waals surface area contributed by atoms with Gasteiger partial charge in [-0.05, 0) is 30.2 Å². The summed E-state index contributed by atoms with van der Waals surface area (Å²) in [5.74, 6) is 1.47. The standard InChI is InChI=1S/C20H19ClFN3OS/c1-3-10-25-19(12-26-16-8-9-18(22)17(21)11-16)23-24-20(25)27-13-15-7-5-4-6-14(15)2/h3-9,11H,1,10,12-13H2,2H3. The molecule has 0 bridgehead atoms. The van der Waals surface area contributed by atoms with E-state index in [1.165, 1.54) is 29.3 Å². The van der Waals surface area contributed by atoms with Crippen molar-refractivity contribution >= 4 is 23.4 Å². The highest BCUT2D eigenvalue weighted by molar-refractivity contribution is 7.98. The first-order valence-corrected chi connectivity index (χ1v) is 9.73. The molecule has 0 spiro atoms. The van der Waals surface area contributed by atoms with E-state index in [4.69, 9.17) is 16.3 Å². The maximum atomic E-state index is 13.3. The number of aryl methyl sites for hydroxylation is 1. The van der Waals surface area contributed by atoms with E-state index in [1.54, 1.807) is 17.8 Å². The second-order valence-electron chi connectivity index (χ2n) is 5.88. The topological polar surface area (TPSA) is 39.9 Å². The fraction of sp³-hybridized carbons (Fsp3) is 0.200. The van der Waals surface area contributed by atoms with Crippen LogP contribution in [0.15, 0.2) is 60.3 Å². The molecular weight excluding hydrogens is 385 g/mol. The van der Waals surface area contributed by atoms with Crippen molar-refractivity contribution in [2.45, 2.75) is 31.0 Å². The third kappa shape index (κ3) is 4.90. The lowest BCUT2D eigenvalue weighted by molar-refractivity contribution is 0.288. The summed E-state index contributed by atoms with van der Waals surface area (Å²) in [6.07, 6.45) is 1.79. The molecule has 7 heteroatoms. The summed E-state index contributed by atoms with van der Waals surface area (Å²) in [5.41, 5.74) is 2.51. The number of ether oxygens (including phenoxy) is 1. The quantitative estimate of drug-likeness (QED) is 0.371. The van der Waals surface area contributed by atoms with Gasteiger partial charge in [-0.2, -0.15) is 0 Å². The van der Waals surface area contributed by atoms with E-state index in [2.05, 4.69) is 35.8 Å². The minimum Gasteiger partial charge on any atom is -0.486 e. The number of thioether (sulfide) groups is 1. The first-order chi connectivity index (χ1) is 13.1. The molecule has 0 saturated heterocycles. The van der Waals surface area contributed by atoms with Crippen LogP contribution in [0.2, 0.25) is 5.02 Å². The molecule has 0 aliphatic rings. The maximum Gasteiger partial charge on any atom is 0.191 e. The van der Waals surface area contributed by atoms with Gasteiger partial charge in [-0.15, -0.1) is 16.8 Å². The van der Waals surface area contributed by atoms with Crippen LogP contribution in [0.25, 0.3) is 0 Å². The summed E-state index contributed by atoms with van der Waals surface area (Å²) in [4.78, 5) is 0. The fourth-order valence-corrected chi connectivity index (χ4v) is 3.69. The maximum absolute atomic E-state index is 13.3. The minimum atomic E-state index is -0.478. The van der Waals surface area contributed by atoms with E-state index in [1.807, 2.05) is 16.7 Å². The van der Waals surface area contributed by atoms with Gasteiger partial charge in [0.05, 0.1) is 5.02 Å². The van der Waals surface area contributed by atoms with Crippen molar-refractivity contribution in [3.8, 4) is 5.75 Å². The summed E-state index contributed by atoms with van der Waals surface area (Å²) in [6.45, 7) is 6.68. The molecule has 3 aromatic rings. The van der Waals surface area contributed by atoms with Gasteiger partial charge in [0.15, 0.2) is 11.0 Å². The van der Waals surface area contributed by atoms with Crippen LogP contribution in [0.3, 0.4) is 0 Å². The van der Waals surface area contributed by atoms with Gasteiger partial charge in [-0.3, -0.25) is 4.57 Å². The summed E-state index contributed by atoms with van der Waals surface area (Å²) < 4.78 is 20.9. The van der Waals surface area contributed by atoms with Gasteiger partial charge in [0.1, 0.15) is 18.2 Å². The average molecular weight is 404 g/mol. The number of hydrogen-bond acceptors (Lipinski definition) is 4. The zero-order valence-electron chi connectivity index (χ0n) is 14.9. The van der Waals surface area contributed by atoms with Crippen molar-refractivity contribution in [3.05, 3.63) is 82.9 Å². The van der Waals surface area contributed by atoms with Gasteiger partial charge in [0, 0.05) is 18.4 Å². The number of benzene rings is 2. The first-order valence-electron chi connectivity index (χ1n) is 8.36. The first kappa shape index (κ1) is 19.5. The Morgan fingerprint density at radius 3 is 2.81 bits per heavy atom. The Morgan fingerprint density at radius 2 is 2.07 bits per heavy atom. The highest BCUT2D eigenvalue weighted by Gasteiger charge is 2.13. The van der Waals surface area contributed by atoms with Crippen LogP contribution in [0.1, 0.15) is 17.0 Å². The molecule has 1 heterocycles. The summed E-state index contributed by atoms with van der Waals surface area (Å²) >= 11 is 7.40. The van der Waals surface area contributed by atoms with E-state index >= 15 is 0 Å². The zero-order chi connectivity index (χ0) is 19.2. The molecule has 2 aromatic carbocycles. The van der Waals surface area contributed by atoms with Gasteiger partial charge in [0.2, 0.25) is 0 Å². The number of allylic oxidation sites excluding steroid dienone is 1. The Labute approximate surface area is 167 Å². The molecular formula is C20H19ClFN3OS. The molecule has 0 amide bonds. The molecule has 3 rings (SSSR count). The van der Waals surface area contributed by atoms with Crippen molar-refractivity contribution in [3.63, 3.8) is 0 Å². The van der Waals surface area contributed by atoms with E-state index in [-0.39, 0.29) is 11.6 Å². The Bertz CT molecular complexity index is 945. The van der Waals surface area contributed by atoms with Crippen LogP contribution in [0, 0.1) is 12.7 Å². The van der Waals surface area contributed by atoms with Crippen LogP contribution in [0.4, 0.5) is 4.39 Å². The number of halogens is 2. The number of hydrogen-bond donors (Lipinski definition) is 0. The van der Waals surface area contributed by atoms with Crippen LogP contribution in [0.5, 0.6) is 5.75 Å². The lowest BCUT2D eigenvalue weighted by Crippen LogP contribution is -2.07. The molecule has 0 saturated carbocycles. The van der Waals surface area contributed by atoms with Gasteiger partial charge < -0.3 is 4.74 Å². The molecule has 140 valence electrons. The summed E-state index contributed by atoms with van der Waals surface area (Å²) in [5, 5.41) is 9.34. The number of aromatic nitrogens is 3. The molecule has 0 N–H and O–H groups in total. The predicted molar refractivity (Wildman–Crippen MR) is 107 cm³/mol. The zero-order valence-corrected chi connectivity index (χ0v) is 16.4. The normalized spacial score (nSPS) is 10.8. The van der Waals surface area contributed by atoms with Gasteiger partial charge in [0.25, 0.3) is 0 Å². The highest BCUT2D eigenvalue weighted by Crippen LogP contribution is 2.25. The SMILES string of the molecule is C=CCn1c(COc2ccc(F)c(Cl)c2)nnc1SCc1ccccc1C. The van der Waals surface area contributed by atoms with Crippen molar-refractivity contribution < 1.29 is 9.13 Å². The summed E-state index contributed by atoms with van der Waals surface area (Å²) in [7, 11) is 0. The molecule has 0 fully saturated rings. The largest absolute Gasteiger partial charge is 0.486 e. The lowest BCUT2D eigenvalue weighted by Gasteiger charge is -2.10. The smallest absolute Gasteiger partial charge is 0.191 e.